The molecule has 5 N–H and O–H groups in total. The molecule has 1 aromatic heterocycles. The molecular weight excluding hydrogens is 324 g/mol. The highest BCUT2D eigenvalue weighted by atomic mass is 15.3. The summed E-state index contributed by atoms with van der Waals surface area (Å²) in [5.41, 5.74) is 11.1. The van der Waals surface area contributed by atoms with Gasteiger partial charge in [-0.2, -0.15) is 0 Å². The van der Waals surface area contributed by atoms with Crippen LogP contribution in [0.1, 0.15) is 37.9 Å². The van der Waals surface area contributed by atoms with Crippen LogP contribution in [0, 0.1) is 5.41 Å². The smallest absolute Gasteiger partial charge is 0.128 e. The van der Waals surface area contributed by atoms with E-state index in [1.807, 2.05) is 20.0 Å². The first-order valence-corrected chi connectivity index (χ1v) is 9.43. The Kier molecular flexibility index (Phi) is 5.61. The van der Waals surface area contributed by atoms with Crippen LogP contribution >= 0.6 is 0 Å². The average Bonchev–Trinajstić information content (AvgIpc) is 2.62. The number of anilines is 2. The van der Waals surface area contributed by atoms with Crippen molar-refractivity contribution in [1.82, 2.24) is 10.3 Å². The van der Waals surface area contributed by atoms with E-state index >= 15 is 0 Å². The predicted octanol–water partition coefficient (Wildman–Crippen LogP) is 2.52. The Bertz CT molecular complexity index is 720. The topological polar surface area (TPSA) is 90.1 Å². The Morgan fingerprint density at radius 3 is 2.73 bits per heavy atom. The van der Waals surface area contributed by atoms with Gasteiger partial charge in [-0.05, 0) is 37.5 Å². The van der Waals surface area contributed by atoms with Crippen molar-refractivity contribution in [2.45, 2.75) is 45.2 Å². The molecule has 0 aliphatic carbocycles. The summed E-state index contributed by atoms with van der Waals surface area (Å²) in [6, 6.07) is 3.40. The number of piperidine rings is 1. The van der Waals surface area contributed by atoms with Crippen LogP contribution < -0.4 is 21.3 Å². The molecule has 0 radical (unpaired) electrons. The third kappa shape index (κ3) is 3.75. The van der Waals surface area contributed by atoms with Crippen LogP contribution in [-0.2, 0) is 6.42 Å². The third-order valence-electron chi connectivity index (χ3n) is 5.22. The van der Waals surface area contributed by atoms with E-state index in [4.69, 9.17) is 16.1 Å². The fraction of sp³-hybridized carbons (Fsp3) is 0.500. The Hall–Kier alpha value is -2.34. The molecule has 0 aromatic carbocycles. The van der Waals surface area contributed by atoms with E-state index in [2.05, 4.69) is 28.5 Å². The first-order valence-electron chi connectivity index (χ1n) is 9.43. The van der Waals surface area contributed by atoms with E-state index in [1.165, 1.54) is 23.9 Å². The number of fused-ring (bicyclic) bond motifs is 2. The Morgan fingerprint density at radius 2 is 2.15 bits per heavy atom. The van der Waals surface area contributed by atoms with Crippen LogP contribution in [0.4, 0.5) is 11.5 Å². The summed E-state index contributed by atoms with van der Waals surface area (Å²) in [5.74, 6) is 0.876. The summed E-state index contributed by atoms with van der Waals surface area (Å²) in [5, 5.41) is 14.0. The number of nitrogens with zero attached hydrogens (tertiary/aromatic N) is 2. The average molecular weight is 355 g/mol. The zero-order valence-electron chi connectivity index (χ0n) is 16.0. The second kappa shape index (κ2) is 7.91. The number of nitrogens with two attached hydrogens (primary N) is 1. The fourth-order valence-electron chi connectivity index (χ4n) is 3.83. The SMILES string of the molecule is CCCc1c(N2CC3CC(C2)N3)cc(NC)nc1/C=C(C)/C(N)=C/C=N. The molecule has 3 fully saturated rings. The molecule has 4 heterocycles. The maximum absolute atomic E-state index is 7.22. The van der Waals surface area contributed by atoms with Crippen LogP contribution in [0.2, 0.25) is 0 Å². The van der Waals surface area contributed by atoms with Gasteiger partial charge in [0, 0.05) is 61.4 Å². The van der Waals surface area contributed by atoms with Crippen LogP contribution in [0.15, 0.2) is 23.4 Å². The standard InChI is InChI=1S/C20H30N6/c1-4-5-16-18(8-13(2)17(22)6-7-21)25-20(23-3)10-19(16)26-11-14-9-15(12-26)24-14/h6-8,10,14-15,21,24H,4-5,9,11-12,22H2,1-3H3,(H,23,25)/b13-8+,17-6-,21-7?. The lowest BCUT2D eigenvalue weighted by atomic mass is 9.90. The van der Waals surface area contributed by atoms with E-state index in [1.54, 1.807) is 6.08 Å². The molecule has 140 valence electrons. The molecule has 2 bridgehead atoms. The van der Waals surface area contributed by atoms with Gasteiger partial charge in [-0.15, -0.1) is 0 Å². The molecule has 0 saturated carbocycles. The Balaban J connectivity index is 2.04. The number of hydrogen-bond donors (Lipinski definition) is 4. The molecule has 6 heteroatoms. The second-order valence-corrected chi connectivity index (χ2v) is 7.21. The maximum atomic E-state index is 7.22. The quantitative estimate of drug-likeness (QED) is 0.446. The van der Waals surface area contributed by atoms with Crippen LogP contribution in [0.25, 0.3) is 6.08 Å². The first-order chi connectivity index (χ1) is 12.5. The van der Waals surface area contributed by atoms with E-state index in [0.29, 0.717) is 17.8 Å². The van der Waals surface area contributed by atoms with Crippen molar-refractivity contribution in [1.29, 1.82) is 5.41 Å². The lowest BCUT2D eigenvalue weighted by Crippen LogP contribution is -2.67. The summed E-state index contributed by atoms with van der Waals surface area (Å²) in [6.07, 6.45) is 8.22. The van der Waals surface area contributed by atoms with Crippen LogP contribution in [-0.4, -0.2) is 43.4 Å². The summed E-state index contributed by atoms with van der Waals surface area (Å²) in [7, 11) is 1.91. The highest BCUT2D eigenvalue weighted by molar-refractivity contribution is 5.73. The molecule has 26 heavy (non-hydrogen) atoms. The van der Waals surface area contributed by atoms with Crippen molar-refractivity contribution in [2.75, 3.05) is 30.4 Å². The van der Waals surface area contributed by atoms with Gasteiger partial charge >= 0.3 is 0 Å². The highest BCUT2D eigenvalue weighted by Gasteiger charge is 2.37. The molecule has 0 amide bonds. The van der Waals surface area contributed by atoms with Gasteiger partial charge < -0.3 is 26.7 Å². The van der Waals surface area contributed by atoms with E-state index < -0.39 is 0 Å². The van der Waals surface area contributed by atoms with E-state index in [0.717, 1.165) is 43.0 Å². The highest BCUT2D eigenvalue weighted by Crippen LogP contribution is 2.33. The summed E-state index contributed by atoms with van der Waals surface area (Å²) >= 11 is 0. The van der Waals surface area contributed by atoms with Gasteiger partial charge in [-0.3, -0.25) is 0 Å². The van der Waals surface area contributed by atoms with E-state index in [9.17, 15) is 0 Å². The normalized spacial score (nSPS) is 22.8. The van der Waals surface area contributed by atoms with Gasteiger partial charge in [0.15, 0.2) is 0 Å². The lowest BCUT2D eigenvalue weighted by molar-refractivity contribution is 0.225. The molecular formula is C20H30N6. The zero-order valence-corrected chi connectivity index (χ0v) is 16.0. The van der Waals surface area contributed by atoms with Crippen molar-refractivity contribution in [3.63, 3.8) is 0 Å². The summed E-state index contributed by atoms with van der Waals surface area (Å²) in [6.45, 7) is 6.28. The molecule has 1 aromatic rings. The summed E-state index contributed by atoms with van der Waals surface area (Å²) < 4.78 is 0. The fourth-order valence-corrected chi connectivity index (χ4v) is 3.83. The van der Waals surface area contributed by atoms with Gasteiger partial charge in [0.1, 0.15) is 5.82 Å². The lowest BCUT2D eigenvalue weighted by Gasteiger charge is -2.49. The molecule has 2 unspecified atom stereocenters. The van der Waals surface area contributed by atoms with Crippen LogP contribution in [0.5, 0.6) is 0 Å². The first kappa shape index (κ1) is 18.5. The number of rotatable bonds is 7. The largest absolute Gasteiger partial charge is 0.398 e. The van der Waals surface area contributed by atoms with Gasteiger partial charge in [0.25, 0.3) is 0 Å². The minimum absolute atomic E-state index is 0.601. The zero-order chi connectivity index (χ0) is 18.7. The molecule has 3 aliphatic heterocycles. The van der Waals surface area contributed by atoms with Crippen molar-refractivity contribution < 1.29 is 0 Å². The van der Waals surface area contributed by atoms with Crippen molar-refractivity contribution in [3.05, 3.63) is 34.7 Å². The van der Waals surface area contributed by atoms with Crippen molar-refractivity contribution in [3.8, 4) is 0 Å². The minimum Gasteiger partial charge on any atom is -0.398 e. The number of aromatic nitrogens is 1. The van der Waals surface area contributed by atoms with Gasteiger partial charge in [-0.1, -0.05) is 13.3 Å². The van der Waals surface area contributed by atoms with Crippen molar-refractivity contribution in [2.24, 2.45) is 5.73 Å². The number of nitrogens with one attached hydrogen (secondary N) is 3. The van der Waals surface area contributed by atoms with Crippen LogP contribution in [0.3, 0.4) is 0 Å². The van der Waals surface area contributed by atoms with Gasteiger partial charge in [-0.25, -0.2) is 4.98 Å². The van der Waals surface area contributed by atoms with Gasteiger partial charge in [0.2, 0.25) is 0 Å². The molecule has 4 rings (SSSR count). The molecule has 0 spiro atoms. The number of piperazine rings is 1. The van der Waals surface area contributed by atoms with Crippen molar-refractivity contribution >= 4 is 23.8 Å². The number of hydrogen-bond acceptors (Lipinski definition) is 6. The predicted molar refractivity (Wildman–Crippen MR) is 110 cm³/mol. The molecule has 6 nitrogen and oxygen atoms in total. The van der Waals surface area contributed by atoms with E-state index in [-0.39, 0.29) is 0 Å². The Labute approximate surface area is 156 Å². The maximum Gasteiger partial charge on any atom is 0.128 e. The minimum atomic E-state index is 0.601. The number of allylic oxidation sites excluding steroid dienone is 2. The van der Waals surface area contributed by atoms with Gasteiger partial charge in [0.05, 0.1) is 5.69 Å². The molecule has 3 aliphatic rings. The summed E-state index contributed by atoms with van der Waals surface area (Å²) in [4.78, 5) is 7.31. The second-order valence-electron chi connectivity index (χ2n) is 7.21. The number of pyridine rings is 1. The third-order valence-corrected chi connectivity index (χ3v) is 5.22. The molecule has 3 saturated heterocycles. The molecule has 2 atom stereocenters. The monoisotopic (exact) mass is 354 g/mol. The Morgan fingerprint density at radius 1 is 1.46 bits per heavy atom.